The first-order valence-corrected chi connectivity index (χ1v) is 38.8. The lowest BCUT2D eigenvalue weighted by Crippen LogP contribution is -2.22. The molecule has 0 bridgehead atoms. The fourth-order valence-corrected chi connectivity index (χ4v) is 14.7. The van der Waals surface area contributed by atoms with Crippen LogP contribution in [-0.4, -0.2) is 85.1 Å². The topological polar surface area (TPSA) is 411 Å². The van der Waals surface area contributed by atoms with Crippen LogP contribution in [-0.2, 0) is 32.9 Å². The fraction of sp³-hybridized carbons (Fsp3) is 0.207. The molecule has 6 aromatic heterocycles. The van der Waals surface area contributed by atoms with Gasteiger partial charge in [-0.25, -0.2) is 28.8 Å². The SMILES string of the molecule is C.CC(C)(C)c1cc(-n2c(=O)[nH]c3ccccc32)c(N)c(-n2c(=O)[nH]c3ccccc32)c1.CC(C)(C)c1cc(-n2c(=O)[nH]c3ccccc32)c([N+](=O)[O-])c(-n2c(=O)[nH]c3ccccc32)c1.CC(C)(C)c1cc(-n2c(=O)[nH]c3ccccc32)c([N+](=O)[O-])c(-n2c(=O)[nH]c3ccccc32)c1.CC(C)(C)c1cc(F)c([N+](=O)[O-])c(F)c1.O=C1Cc2ccccc2N1.[2H]CF. The number of alkyl halides is 1. The van der Waals surface area contributed by atoms with Crippen molar-refractivity contribution >= 4 is 101 Å². The number of hydrogen-bond donors (Lipinski definition) is 8. The third-order valence-electron chi connectivity index (χ3n) is 20.9. The van der Waals surface area contributed by atoms with Crippen LogP contribution in [0.15, 0.2) is 247 Å². The van der Waals surface area contributed by atoms with Crippen LogP contribution in [0.2, 0.25) is 0 Å². The van der Waals surface area contributed by atoms with Crippen molar-refractivity contribution < 1.29 is 34.1 Å². The molecule has 0 fully saturated rings. The molecule has 11 aromatic carbocycles. The molecule has 642 valence electrons. The number of nitro groups is 3. The lowest BCUT2D eigenvalue weighted by molar-refractivity contribution is -0.390. The number of para-hydroxylation sites is 13. The van der Waals surface area contributed by atoms with E-state index in [1.54, 1.807) is 151 Å². The minimum atomic E-state index is -1.13. The highest BCUT2D eigenvalue weighted by Gasteiger charge is 2.35. The summed E-state index contributed by atoms with van der Waals surface area (Å²) in [4.78, 5) is 138. The molecule has 0 atom stereocenters. The van der Waals surface area contributed by atoms with Gasteiger partial charge in [-0.2, -0.15) is 8.78 Å². The molecular weight excluding hydrogens is 1610 g/mol. The lowest BCUT2D eigenvalue weighted by atomic mass is 9.86. The van der Waals surface area contributed by atoms with E-state index in [2.05, 4.69) is 56.0 Å². The zero-order chi connectivity index (χ0) is 90.4. The van der Waals surface area contributed by atoms with Crippen LogP contribution in [0.4, 0.5) is 41.6 Å². The molecule has 30 nitrogen and oxygen atoms in total. The number of rotatable bonds is 9. The third-order valence-corrected chi connectivity index (χ3v) is 20.9. The number of benzene rings is 11. The Morgan fingerprint density at radius 2 is 0.552 bits per heavy atom. The van der Waals surface area contributed by atoms with Gasteiger partial charge in [0.15, 0.2) is 0 Å². The quantitative estimate of drug-likeness (QED) is 0.0378. The lowest BCUT2D eigenvalue weighted by Gasteiger charge is -2.23. The van der Waals surface area contributed by atoms with Gasteiger partial charge in [-0.05, 0) is 177 Å². The zero-order valence-electron chi connectivity index (χ0n) is 70.2. The summed E-state index contributed by atoms with van der Waals surface area (Å²) in [6.45, 7) is 23.4. The number of nitro benzene ring substituents is 3. The van der Waals surface area contributed by atoms with E-state index in [4.69, 9.17) is 7.10 Å². The molecule has 0 radical (unpaired) electrons. The van der Waals surface area contributed by atoms with E-state index < -0.39 is 78.2 Å². The van der Waals surface area contributed by atoms with E-state index in [9.17, 15) is 77.1 Å². The predicted molar refractivity (Wildman–Crippen MR) is 482 cm³/mol. The van der Waals surface area contributed by atoms with Crippen molar-refractivity contribution in [1.29, 1.82) is 0 Å². The molecule has 17 aromatic rings. The van der Waals surface area contributed by atoms with Crippen molar-refractivity contribution in [2.75, 3.05) is 18.2 Å². The number of aromatic amines is 6. The number of aromatic nitrogens is 12. The van der Waals surface area contributed by atoms with E-state index in [-0.39, 0.29) is 64.3 Å². The second-order valence-corrected chi connectivity index (χ2v) is 33.3. The van der Waals surface area contributed by atoms with Crippen molar-refractivity contribution in [3.05, 3.63) is 351 Å². The molecular formula is C92H90F3N17O13. The Kier molecular flexibility index (Phi) is 24.0. The van der Waals surface area contributed by atoms with Gasteiger partial charge >= 0.3 is 51.2 Å². The molecule has 0 saturated heterocycles. The Labute approximate surface area is 710 Å². The Hall–Kier alpha value is -15.7. The van der Waals surface area contributed by atoms with Crippen LogP contribution in [0.5, 0.6) is 0 Å². The van der Waals surface area contributed by atoms with Crippen LogP contribution in [0.25, 0.3) is 100 Å². The first-order chi connectivity index (χ1) is 59.1. The number of nitrogens with zero attached hydrogens (tertiary/aromatic N) is 9. The number of anilines is 2. The standard InChI is InChI=1S/2C24H21N5O4.C24H23N5O2.C10H11F2NO2.C8H7NO.CH3F.CH4/c2*1-24(2,3)14-12-19(27-17-10-6-4-8-15(17)25-22(27)30)21(29(32)33)20(13-14)28-18-11-7-5-9-16(18)26-23(28)31;1-24(2,3)14-12-19(28-17-10-6-4-8-15(17)26-22(28)30)21(25)20(13-14)29-18-11-7-5-9-16(18)27-23(29)31;1-10(2,3)6-4-7(11)9(13(14)15)8(12)5-6;10-8-5-6-3-1-2-4-7(6)9-8;1-2;/h2*4-13H,1-3H3,(H,25,30)(H,26,31);4-13H,25H2,1-3H3,(H,26,30)(H,27,31);4-5H,1-3H3;1-4H,5H2,(H,9,10);1H3;1H4/i;;;;;1D;. The molecule has 9 N–H and O–H groups in total. The molecule has 33 heteroatoms. The van der Waals surface area contributed by atoms with Crippen LogP contribution in [0.1, 0.15) is 120 Å². The van der Waals surface area contributed by atoms with Crippen LogP contribution in [0, 0.1) is 42.0 Å². The van der Waals surface area contributed by atoms with Gasteiger partial charge in [-0.1, -0.05) is 182 Å². The van der Waals surface area contributed by atoms with Crippen LogP contribution < -0.4 is 45.2 Å². The van der Waals surface area contributed by atoms with Gasteiger partial charge in [0, 0.05) is 5.69 Å². The van der Waals surface area contributed by atoms with Crippen molar-refractivity contribution in [3.63, 3.8) is 0 Å². The van der Waals surface area contributed by atoms with Crippen LogP contribution in [0.3, 0.4) is 0 Å². The Bertz CT molecular complexity index is 6900. The maximum Gasteiger partial charge on any atom is 0.340 e. The summed E-state index contributed by atoms with van der Waals surface area (Å²) in [5.41, 5.74) is 14.7. The van der Waals surface area contributed by atoms with Crippen molar-refractivity contribution in [3.8, 4) is 34.1 Å². The highest BCUT2D eigenvalue weighted by molar-refractivity contribution is 5.99. The number of halogens is 3. The maximum atomic E-state index is 13.2. The van der Waals surface area contributed by atoms with Crippen molar-refractivity contribution in [1.82, 2.24) is 57.3 Å². The van der Waals surface area contributed by atoms with Gasteiger partial charge in [-0.15, -0.1) is 0 Å². The summed E-state index contributed by atoms with van der Waals surface area (Å²) < 4.78 is 50.3. The Morgan fingerprint density at radius 1 is 0.344 bits per heavy atom. The normalized spacial score (nSPS) is 12.0. The van der Waals surface area contributed by atoms with E-state index >= 15 is 0 Å². The highest BCUT2D eigenvalue weighted by Crippen LogP contribution is 2.41. The molecule has 0 unspecified atom stereocenters. The summed E-state index contributed by atoms with van der Waals surface area (Å²) in [5, 5.41) is 38.0. The van der Waals surface area contributed by atoms with Gasteiger partial charge in [0.2, 0.25) is 17.5 Å². The van der Waals surface area contributed by atoms with E-state index in [1.807, 2.05) is 126 Å². The highest BCUT2D eigenvalue weighted by atomic mass is 19.1. The molecule has 7 heterocycles. The molecule has 18 rings (SSSR count). The van der Waals surface area contributed by atoms with Crippen LogP contribution >= 0.6 is 0 Å². The number of nitrogens with two attached hydrogens (primary N) is 1. The second-order valence-electron chi connectivity index (χ2n) is 33.3. The molecule has 125 heavy (non-hydrogen) atoms. The number of carbonyl (C=O) groups excluding carboxylic acids is 1. The number of amides is 1. The molecule has 0 aliphatic carbocycles. The Balaban J connectivity index is 0.000000149. The van der Waals surface area contributed by atoms with E-state index in [0.717, 1.165) is 62.1 Å². The van der Waals surface area contributed by atoms with Gasteiger partial charge in [0.25, 0.3) is 0 Å². The maximum absolute atomic E-state index is 13.2. The largest absolute Gasteiger partial charge is 0.395 e. The minimum Gasteiger partial charge on any atom is -0.395 e. The monoisotopic (exact) mass is 1700 g/mol. The Morgan fingerprint density at radius 3 is 0.784 bits per heavy atom. The van der Waals surface area contributed by atoms with Gasteiger partial charge in [-0.3, -0.25) is 66.9 Å². The van der Waals surface area contributed by atoms with Gasteiger partial charge < -0.3 is 41.0 Å². The summed E-state index contributed by atoms with van der Waals surface area (Å²) in [7, 11) is -1.00. The van der Waals surface area contributed by atoms with E-state index in [0.29, 0.717) is 73.2 Å². The van der Waals surface area contributed by atoms with E-state index in [1.165, 1.54) is 18.3 Å². The predicted octanol–water partition coefficient (Wildman–Crippen LogP) is 17.7. The number of H-pyrrole nitrogens is 6. The summed E-state index contributed by atoms with van der Waals surface area (Å²) in [6, 6.07) is 63.1. The summed E-state index contributed by atoms with van der Waals surface area (Å²) in [6.07, 6.45) is 0.538. The van der Waals surface area contributed by atoms with Crippen molar-refractivity contribution in [2.24, 2.45) is 0 Å². The first-order valence-electron chi connectivity index (χ1n) is 39.5. The smallest absolute Gasteiger partial charge is 0.340 e. The average Bonchev–Trinajstić information content (AvgIpc) is 1.53. The summed E-state index contributed by atoms with van der Waals surface area (Å²) in [5.74, 6) is -2.17. The summed E-state index contributed by atoms with van der Waals surface area (Å²) >= 11 is 0. The first kappa shape index (κ1) is 87.1. The number of nitrogen functional groups attached to an aromatic ring is 1. The molecule has 1 aliphatic heterocycles. The number of nitrogens with one attached hydrogen (secondary N) is 7. The number of imidazole rings is 6. The molecule has 0 saturated carbocycles. The van der Waals surface area contributed by atoms with Crippen molar-refractivity contribution in [2.45, 2.75) is 119 Å². The number of carbonyl (C=O) groups is 1. The minimum absolute atomic E-state index is 0. The average molecular weight is 1700 g/mol. The number of fused-ring (bicyclic) bond motifs is 7. The molecule has 0 spiro atoms. The van der Waals surface area contributed by atoms with Gasteiger partial charge in [0.1, 0.15) is 22.7 Å². The third kappa shape index (κ3) is 17.4. The van der Waals surface area contributed by atoms with Gasteiger partial charge in [0.05, 0.1) is 113 Å². The zero-order valence-corrected chi connectivity index (χ0v) is 69.2. The molecule has 1 amide bonds. The number of hydrogen-bond acceptors (Lipinski definition) is 14. The molecule has 1 aliphatic rings. The second kappa shape index (κ2) is 34.4. The fourth-order valence-electron chi connectivity index (χ4n) is 14.7.